The number of azo groups is 1. The smallest absolute Gasteiger partial charge is 0.163 e. The fourth-order valence-electron chi connectivity index (χ4n) is 2.93. The summed E-state index contributed by atoms with van der Waals surface area (Å²) in [5.41, 5.74) is 3.39. The lowest BCUT2D eigenvalue weighted by atomic mass is 10.2. The zero-order chi connectivity index (χ0) is 21.2. The van der Waals surface area contributed by atoms with Gasteiger partial charge in [-0.3, -0.25) is 0 Å². The third-order valence-corrected chi connectivity index (χ3v) is 4.67. The Balaban J connectivity index is 1.65. The molecule has 156 valence electrons. The minimum atomic E-state index is 0.605. The fraction of sp³-hybridized carbons (Fsp3) is 0.333. The molecule has 6 heteroatoms. The van der Waals surface area contributed by atoms with Crippen LogP contribution in [0.3, 0.4) is 0 Å². The Kier molecular flexibility index (Phi) is 7.89. The van der Waals surface area contributed by atoms with E-state index in [-0.39, 0.29) is 0 Å². The van der Waals surface area contributed by atoms with Crippen LogP contribution in [0.4, 0.5) is 17.1 Å². The maximum Gasteiger partial charge on any atom is 0.163 e. The summed E-state index contributed by atoms with van der Waals surface area (Å²) >= 11 is 0. The first-order chi connectivity index (χ1) is 14.7. The van der Waals surface area contributed by atoms with Gasteiger partial charge in [-0.05, 0) is 42.8 Å². The minimum absolute atomic E-state index is 0.605. The van der Waals surface area contributed by atoms with E-state index in [2.05, 4.69) is 27.1 Å². The zero-order valence-electron chi connectivity index (χ0n) is 18.0. The van der Waals surface area contributed by atoms with Gasteiger partial charge in [-0.15, -0.1) is 5.11 Å². The van der Waals surface area contributed by atoms with Crippen LogP contribution in [0.5, 0.6) is 5.75 Å². The first-order valence-electron chi connectivity index (χ1n) is 10.4. The minimum Gasteiger partial charge on any atom is -0.493 e. The summed E-state index contributed by atoms with van der Waals surface area (Å²) in [4.78, 5) is 11.0. The van der Waals surface area contributed by atoms with Crippen molar-refractivity contribution in [1.82, 2.24) is 9.97 Å². The summed E-state index contributed by atoms with van der Waals surface area (Å²) in [6, 6.07) is 15.8. The monoisotopic (exact) mass is 403 g/mol. The first kappa shape index (κ1) is 21.4. The number of anilines is 1. The highest BCUT2D eigenvalue weighted by atomic mass is 16.5. The molecule has 0 saturated carbocycles. The van der Waals surface area contributed by atoms with Crippen molar-refractivity contribution in [1.29, 1.82) is 0 Å². The third-order valence-electron chi connectivity index (χ3n) is 4.67. The molecule has 0 aliphatic heterocycles. The van der Waals surface area contributed by atoms with Crippen molar-refractivity contribution in [3.8, 4) is 17.1 Å². The van der Waals surface area contributed by atoms with Crippen molar-refractivity contribution < 1.29 is 4.74 Å². The van der Waals surface area contributed by atoms with Gasteiger partial charge in [0.25, 0.3) is 0 Å². The molecule has 0 spiro atoms. The summed E-state index contributed by atoms with van der Waals surface area (Å²) in [6.07, 6.45) is 8.06. The molecule has 0 aliphatic carbocycles. The molecular weight excluding hydrogens is 374 g/mol. The highest BCUT2D eigenvalue weighted by molar-refractivity contribution is 5.64. The Bertz CT molecular complexity index is 937. The van der Waals surface area contributed by atoms with Crippen LogP contribution in [-0.2, 0) is 0 Å². The number of benzene rings is 2. The molecule has 2 aromatic carbocycles. The second kappa shape index (κ2) is 11.0. The van der Waals surface area contributed by atoms with Gasteiger partial charge in [0.05, 0.1) is 30.3 Å². The molecule has 0 atom stereocenters. The molecule has 0 bridgehead atoms. The number of hydrogen-bond acceptors (Lipinski definition) is 6. The van der Waals surface area contributed by atoms with Crippen LogP contribution in [0.25, 0.3) is 11.4 Å². The largest absolute Gasteiger partial charge is 0.493 e. The lowest BCUT2D eigenvalue weighted by Gasteiger charge is -2.11. The van der Waals surface area contributed by atoms with Crippen molar-refractivity contribution in [3.63, 3.8) is 0 Å². The van der Waals surface area contributed by atoms with Crippen molar-refractivity contribution in [2.45, 2.75) is 32.6 Å². The summed E-state index contributed by atoms with van der Waals surface area (Å²) in [7, 11) is 4.01. The molecule has 6 nitrogen and oxygen atoms in total. The quantitative estimate of drug-likeness (QED) is 0.283. The van der Waals surface area contributed by atoms with E-state index in [1.54, 1.807) is 12.4 Å². The molecule has 0 saturated heterocycles. The van der Waals surface area contributed by atoms with Crippen LogP contribution in [0, 0.1) is 0 Å². The number of para-hydroxylation sites is 1. The Morgan fingerprint density at radius 3 is 2.23 bits per heavy atom. The van der Waals surface area contributed by atoms with Crippen LogP contribution >= 0.6 is 0 Å². The van der Waals surface area contributed by atoms with Gasteiger partial charge >= 0.3 is 0 Å². The number of aromatic nitrogens is 2. The highest BCUT2D eigenvalue weighted by Gasteiger charge is 2.08. The average molecular weight is 404 g/mol. The van der Waals surface area contributed by atoms with Crippen molar-refractivity contribution in [2.75, 3.05) is 25.6 Å². The van der Waals surface area contributed by atoms with E-state index in [4.69, 9.17) is 4.74 Å². The molecule has 0 N–H and O–H groups in total. The van der Waals surface area contributed by atoms with E-state index in [1.165, 1.54) is 19.3 Å². The molecule has 3 rings (SSSR count). The maximum absolute atomic E-state index is 5.97. The Morgan fingerprint density at radius 1 is 0.833 bits per heavy atom. The SMILES string of the molecule is CCCCCCOc1ccccc1-c1ncc(N=Nc2ccc(N(C)C)cc2)cn1. The predicted molar refractivity (Wildman–Crippen MR) is 122 cm³/mol. The molecule has 0 radical (unpaired) electrons. The topological polar surface area (TPSA) is 63.0 Å². The summed E-state index contributed by atoms with van der Waals surface area (Å²) < 4.78 is 5.97. The molecule has 3 aromatic rings. The van der Waals surface area contributed by atoms with Crippen molar-refractivity contribution in [2.24, 2.45) is 10.2 Å². The van der Waals surface area contributed by atoms with E-state index in [0.717, 1.165) is 29.1 Å². The number of nitrogens with zero attached hydrogens (tertiary/aromatic N) is 5. The molecule has 0 unspecified atom stereocenters. The maximum atomic E-state index is 5.97. The first-order valence-corrected chi connectivity index (χ1v) is 10.4. The average Bonchev–Trinajstić information content (AvgIpc) is 2.78. The zero-order valence-corrected chi connectivity index (χ0v) is 18.0. The second-order valence-corrected chi connectivity index (χ2v) is 7.28. The molecular formula is C24H29N5O. The molecule has 30 heavy (non-hydrogen) atoms. The Labute approximate surface area is 178 Å². The highest BCUT2D eigenvalue weighted by Crippen LogP contribution is 2.28. The number of hydrogen-bond donors (Lipinski definition) is 0. The predicted octanol–water partition coefficient (Wildman–Crippen LogP) is 6.58. The van der Waals surface area contributed by atoms with Gasteiger partial charge in [0.2, 0.25) is 0 Å². The number of rotatable bonds is 10. The second-order valence-electron chi connectivity index (χ2n) is 7.28. The van der Waals surface area contributed by atoms with Gasteiger partial charge < -0.3 is 9.64 Å². The lowest BCUT2D eigenvalue weighted by molar-refractivity contribution is 0.306. The van der Waals surface area contributed by atoms with Crippen LogP contribution in [0.2, 0.25) is 0 Å². The lowest BCUT2D eigenvalue weighted by Crippen LogP contribution is -2.07. The molecule has 1 aromatic heterocycles. The van der Waals surface area contributed by atoms with Crippen LogP contribution in [0.1, 0.15) is 32.6 Å². The molecule has 1 heterocycles. The fourth-order valence-corrected chi connectivity index (χ4v) is 2.93. The number of unbranched alkanes of at least 4 members (excludes halogenated alkanes) is 3. The van der Waals surface area contributed by atoms with Crippen LogP contribution in [-0.4, -0.2) is 30.7 Å². The van der Waals surface area contributed by atoms with Crippen molar-refractivity contribution >= 4 is 17.1 Å². The third kappa shape index (κ3) is 6.11. The van der Waals surface area contributed by atoms with E-state index >= 15 is 0 Å². The summed E-state index contributed by atoms with van der Waals surface area (Å²) in [5, 5.41) is 8.51. The van der Waals surface area contributed by atoms with Gasteiger partial charge in [0.1, 0.15) is 11.4 Å². The van der Waals surface area contributed by atoms with Gasteiger partial charge in [0, 0.05) is 19.8 Å². The van der Waals surface area contributed by atoms with Gasteiger partial charge in [-0.1, -0.05) is 38.3 Å². The van der Waals surface area contributed by atoms with Gasteiger partial charge in [-0.2, -0.15) is 5.11 Å². The van der Waals surface area contributed by atoms with Crippen LogP contribution in [0.15, 0.2) is 71.2 Å². The number of ether oxygens (including phenoxy) is 1. The van der Waals surface area contributed by atoms with Crippen molar-refractivity contribution in [3.05, 3.63) is 60.9 Å². The Morgan fingerprint density at radius 2 is 1.53 bits per heavy atom. The van der Waals surface area contributed by atoms with Crippen LogP contribution < -0.4 is 9.64 Å². The normalized spacial score (nSPS) is 11.0. The molecule has 0 fully saturated rings. The van der Waals surface area contributed by atoms with E-state index in [0.29, 0.717) is 18.1 Å². The molecule has 0 aliphatic rings. The molecule has 0 amide bonds. The Hall–Kier alpha value is -3.28. The van der Waals surface area contributed by atoms with Gasteiger partial charge in [0.15, 0.2) is 5.82 Å². The van der Waals surface area contributed by atoms with Gasteiger partial charge in [-0.25, -0.2) is 9.97 Å². The standard InChI is InChI=1S/C24H29N5O/c1-4-5-6-9-16-30-23-11-8-7-10-22(23)24-25-17-20(18-26-24)28-27-19-12-14-21(15-13-19)29(2)3/h7-8,10-15,17-18H,4-6,9,16H2,1-3H3. The van der Waals surface area contributed by atoms with E-state index in [1.807, 2.05) is 67.5 Å². The summed E-state index contributed by atoms with van der Waals surface area (Å²) in [5.74, 6) is 1.43. The van der Waals surface area contributed by atoms with E-state index in [9.17, 15) is 0 Å². The summed E-state index contributed by atoms with van der Waals surface area (Å²) in [6.45, 7) is 2.91. The van der Waals surface area contributed by atoms with E-state index < -0.39 is 0 Å².